The second-order valence-corrected chi connectivity index (χ2v) is 11.5. The molecular weight excluding hydrogens is 496 g/mol. The van der Waals surface area contributed by atoms with Crippen molar-refractivity contribution in [3.8, 4) is 44.8 Å². The zero-order valence-electron chi connectivity index (χ0n) is 23.1. The van der Waals surface area contributed by atoms with Crippen molar-refractivity contribution in [2.75, 3.05) is 0 Å². The number of para-hydroxylation sites is 2. The molecule has 8 rings (SSSR count). The Morgan fingerprint density at radius 2 is 1.07 bits per heavy atom. The van der Waals surface area contributed by atoms with Gasteiger partial charge >= 0.3 is 0 Å². The first-order chi connectivity index (χ1) is 20.1. The normalized spacial score (nSPS) is 13.3. The Morgan fingerprint density at radius 3 is 1.90 bits per heavy atom. The van der Waals surface area contributed by atoms with Crippen molar-refractivity contribution in [3.05, 3.63) is 145 Å². The Labute approximate surface area is 240 Å². The number of fused-ring (bicyclic) bond motifs is 5. The van der Waals surface area contributed by atoms with Gasteiger partial charge in [-0.1, -0.05) is 117 Å². The van der Waals surface area contributed by atoms with E-state index in [2.05, 4.69) is 129 Å². The van der Waals surface area contributed by atoms with Crippen molar-refractivity contribution >= 4 is 21.8 Å². The number of hydrogen-bond donors (Lipinski definition) is 0. The van der Waals surface area contributed by atoms with Crippen LogP contribution in [0.15, 0.2) is 133 Å². The summed E-state index contributed by atoms with van der Waals surface area (Å²) in [5.74, 6) is 0. The molecule has 0 saturated carbocycles. The van der Waals surface area contributed by atoms with Gasteiger partial charge in [0.1, 0.15) is 0 Å². The lowest BCUT2D eigenvalue weighted by molar-refractivity contribution is 0.661. The number of aromatic nitrogens is 2. The molecule has 194 valence electrons. The van der Waals surface area contributed by atoms with Crippen molar-refractivity contribution in [3.63, 3.8) is 0 Å². The van der Waals surface area contributed by atoms with Gasteiger partial charge in [-0.25, -0.2) is 9.97 Å². The first-order valence-corrected chi connectivity index (χ1v) is 14.2. The maximum atomic E-state index is 5.28. The molecule has 0 spiro atoms. The van der Waals surface area contributed by atoms with E-state index in [1.807, 2.05) is 18.2 Å². The van der Waals surface area contributed by atoms with E-state index in [0.717, 1.165) is 33.5 Å². The van der Waals surface area contributed by atoms with E-state index in [1.54, 1.807) is 0 Å². The van der Waals surface area contributed by atoms with Gasteiger partial charge in [0.05, 0.1) is 22.4 Å². The van der Waals surface area contributed by atoms with Crippen LogP contribution >= 0.6 is 0 Å². The molecular formula is C39H28N2. The number of benzene rings is 6. The third-order valence-electron chi connectivity index (χ3n) is 8.65. The average Bonchev–Trinajstić information content (AvgIpc) is 3.25. The highest BCUT2D eigenvalue weighted by Gasteiger charge is 2.35. The fourth-order valence-corrected chi connectivity index (χ4v) is 6.55. The van der Waals surface area contributed by atoms with Gasteiger partial charge in [0, 0.05) is 16.5 Å². The summed E-state index contributed by atoms with van der Waals surface area (Å²) in [4.78, 5) is 10.5. The van der Waals surface area contributed by atoms with Gasteiger partial charge in [-0.15, -0.1) is 0 Å². The fourth-order valence-electron chi connectivity index (χ4n) is 6.55. The van der Waals surface area contributed by atoms with Crippen LogP contribution in [0.4, 0.5) is 0 Å². The molecule has 0 amide bonds. The predicted molar refractivity (Wildman–Crippen MR) is 171 cm³/mol. The summed E-state index contributed by atoms with van der Waals surface area (Å²) in [7, 11) is 0. The lowest BCUT2D eigenvalue weighted by Crippen LogP contribution is -2.14. The zero-order valence-corrected chi connectivity index (χ0v) is 23.1. The van der Waals surface area contributed by atoms with Crippen LogP contribution < -0.4 is 0 Å². The fraction of sp³-hybridized carbons (Fsp3) is 0.0769. The van der Waals surface area contributed by atoms with Crippen molar-refractivity contribution in [2.24, 2.45) is 0 Å². The Balaban J connectivity index is 1.40. The van der Waals surface area contributed by atoms with Crippen LogP contribution in [0.25, 0.3) is 66.6 Å². The predicted octanol–water partition coefficient (Wildman–Crippen LogP) is 10.1. The number of hydrogen-bond acceptors (Lipinski definition) is 2. The zero-order chi connectivity index (χ0) is 27.6. The van der Waals surface area contributed by atoms with Crippen LogP contribution in [0.1, 0.15) is 25.0 Å². The average molecular weight is 525 g/mol. The lowest BCUT2D eigenvalue weighted by atomic mass is 9.81. The molecule has 2 heteroatoms. The van der Waals surface area contributed by atoms with E-state index < -0.39 is 0 Å². The van der Waals surface area contributed by atoms with E-state index >= 15 is 0 Å². The largest absolute Gasteiger partial charge is 0.244 e. The highest BCUT2D eigenvalue weighted by molar-refractivity contribution is 6.04. The first-order valence-electron chi connectivity index (χ1n) is 14.2. The maximum absolute atomic E-state index is 5.28. The Morgan fingerprint density at radius 1 is 0.439 bits per heavy atom. The van der Waals surface area contributed by atoms with Crippen molar-refractivity contribution in [2.45, 2.75) is 19.3 Å². The standard InChI is InChI=1S/C39H28N2/c1-39(2)33-19-7-6-17-29(33)32-24-31-27(23-34(32)39)15-11-18-30(31)38-37(40-35-20-8-9-21-36(35)41-38)28-16-10-14-26(22-28)25-12-4-3-5-13-25/h3-24H,1-2H3. The van der Waals surface area contributed by atoms with Crippen molar-refractivity contribution in [1.82, 2.24) is 9.97 Å². The monoisotopic (exact) mass is 524 g/mol. The summed E-state index contributed by atoms with van der Waals surface area (Å²) in [5, 5.41) is 2.42. The topological polar surface area (TPSA) is 25.8 Å². The summed E-state index contributed by atoms with van der Waals surface area (Å²) >= 11 is 0. The molecule has 0 radical (unpaired) electrons. The van der Waals surface area contributed by atoms with Gasteiger partial charge in [0.2, 0.25) is 0 Å². The molecule has 0 bridgehead atoms. The maximum Gasteiger partial charge on any atom is 0.0979 e. The van der Waals surface area contributed by atoms with Gasteiger partial charge in [-0.05, 0) is 74.5 Å². The molecule has 0 N–H and O–H groups in total. The van der Waals surface area contributed by atoms with Crippen molar-refractivity contribution in [1.29, 1.82) is 0 Å². The van der Waals surface area contributed by atoms with Gasteiger partial charge in [0.25, 0.3) is 0 Å². The minimum atomic E-state index is -0.0398. The summed E-state index contributed by atoms with van der Waals surface area (Å²) < 4.78 is 0. The van der Waals surface area contributed by atoms with Crippen LogP contribution in [-0.2, 0) is 5.41 Å². The Bertz CT molecular complexity index is 2120. The Hall–Kier alpha value is -5.08. The molecule has 1 aliphatic carbocycles. The highest BCUT2D eigenvalue weighted by Crippen LogP contribution is 2.50. The van der Waals surface area contributed by atoms with Gasteiger partial charge in [-0.3, -0.25) is 0 Å². The summed E-state index contributed by atoms with van der Waals surface area (Å²) in [6, 6.07) is 47.5. The first kappa shape index (κ1) is 23.8. The van der Waals surface area contributed by atoms with E-state index in [1.165, 1.54) is 44.2 Å². The third-order valence-corrected chi connectivity index (χ3v) is 8.65. The quantitative estimate of drug-likeness (QED) is 0.230. The highest BCUT2D eigenvalue weighted by atomic mass is 14.8. The molecule has 0 atom stereocenters. The molecule has 1 aliphatic rings. The van der Waals surface area contributed by atoms with E-state index in [4.69, 9.17) is 9.97 Å². The van der Waals surface area contributed by atoms with Crippen LogP contribution in [0.3, 0.4) is 0 Å². The van der Waals surface area contributed by atoms with Crippen molar-refractivity contribution < 1.29 is 0 Å². The summed E-state index contributed by atoms with van der Waals surface area (Å²) in [6.45, 7) is 4.67. The molecule has 0 fully saturated rings. The molecule has 1 aromatic heterocycles. The molecule has 0 unspecified atom stereocenters. The minimum absolute atomic E-state index is 0.0398. The molecule has 6 aromatic carbocycles. The molecule has 0 aliphatic heterocycles. The molecule has 7 aromatic rings. The van der Waals surface area contributed by atoms with Crippen LogP contribution in [0.5, 0.6) is 0 Å². The second-order valence-electron chi connectivity index (χ2n) is 11.5. The molecule has 2 nitrogen and oxygen atoms in total. The van der Waals surface area contributed by atoms with Crippen LogP contribution in [0.2, 0.25) is 0 Å². The van der Waals surface area contributed by atoms with Crippen LogP contribution in [-0.4, -0.2) is 9.97 Å². The molecule has 0 saturated heterocycles. The SMILES string of the molecule is CC1(C)c2ccccc2-c2cc3c(-c4nc5ccccc5nc4-c4cccc(-c5ccccc5)c4)cccc3cc21. The van der Waals surface area contributed by atoms with Gasteiger partial charge < -0.3 is 0 Å². The smallest absolute Gasteiger partial charge is 0.0979 e. The number of nitrogens with zero attached hydrogens (tertiary/aromatic N) is 2. The molecule has 41 heavy (non-hydrogen) atoms. The van der Waals surface area contributed by atoms with E-state index in [9.17, 15) is 0 Å². The lowest BCUT2D eigenvalue weighted by Gasteiger charge is -2.22. The summed E-state index contributed by atoms with van der Waals surface area (Å²) in [5.41, 5.74) is 13.5. The molecule has 1 heterocycles. The minimum Gasteiger partial charge on any atom is -0.244 e. The number of rotatable bonds is 3. The van der Waals surface area contributed by atoms with Gasteiger partial charge in [0.15, 0.2) is 0 Å². The Kier molecular flexibility index (Phi) is 5.20. The second kappa shape index (κ2) is 8.97. The van der Waals surface area contributed by atoms with Gasteiger partial charge in [-0.2, -0.15) is 0 Å². The van der Waals surface area contributed by atoms with Crippen LogP contribution in [0, 0.1) is 0 Å². The third kappa shape index (κ3) is 3.72. The summed E-state index contributed by atoms with van der Waals surface area (Å²) in [6.07, 6.45) is 0. The van der Waals surface area contributed by atoms with E-state index in [0.29, 0.717) is 0 Å². The van der Waals surface area contributed by atoms with E-state index in [-0.39, 0.29) is 5.41 Å².